The molecule has 2 N–H and O–H groups in total. The van der Waals surface area contributed by atoms with Crippen LogP contribution in [0.1, 0.15) is 47.3 Å². The van der Waals surface area contributed by atoms with Crippen LogP contribution in [-0.4, -0.2) is 69.3 Å². The molecule has 11 nitrogen and oxygen atoms in total. The zero-order valence-corrected chi connectivity index (χ0v) is 26.1. The molecule has 3 heterocycles. The highest BCUT2D eigenvalue weighted by Gasteiger charge is 2.22. The summed E-state index contributed by atoms with van der Waals surface area (Å²) in [7, 11) is 4.07. The molecule has 0 saturated carbocycles. The Morgan fingerprint density at radius 1 is 1.07 bits per heavy atom. The van der Waals surface area contributed by atoms with E-state index in [9.17, 15) is 9.59 Å². The number of carboxylic acids is 2. The summed E-state index contributed by atoms with van der Waals surface area (Å²) in [5.41, 5.74) is 5.53. The second-order valence-corrected chi connectivity index (χ2v) is 11.5. The molecule has 0 radical (unpaired) electrons. The van der Waals surface area contributed by atoms with Crippen LogP contribution in [0.5, 0.6) is 5.75 Å². The molecule has 1 fully saturated rings. The Kier molecular flexibility index (Phi) is 12.4. The molecule has 1 saturated heterocycles. The fraction of sp³-hybridized carbons (Fsp3) is 0.343. The number of hydrogen-bond donors (Lipinski definition) is 2. The number of benzene rings is 2. The van der Waals surface area contributed by atoms with E-state index in [1.807, 2.05) is 26.2 Å². The van der Waals surface area contributed by atoms with E-state index >= 15 is 0 Å². The SMILES string of the molecule is CN(C)Cc1c(OCc2ccc(C#N)cn2)ccc2c(CCC3CCN(Cc4ccccc4)CC3)noc12.O=C(O)C=CC(=O)O. The van der Waals surface area contributed by atoms with Crippen LogP contribution in [0.25, 0.3) is 11.0 Å². The molecule has 0 bridgehead atoms. The lowest BCUT2D eigenvalue weighted by molar-refractivity contribution is -0.134. The number of fused-ring (bicyclic) bond motifs is 1. The first-order chi connectivity index (χ1) is 22.2. The van der Waals surface area contributed by atoms with Crippen LogP contribution in [0.15, 0.2) is 77.5 Å². The Balaban J connectivity index is 0.000000533. The van der Waals surface area contributed by atoms with Gasteiger partial charge in [0.2, 0.25) is 0 Å². The number of aliphatic carboxylic acids is 2. The van der Waals surface area contributed by atoms with Crippen molar-refractivity contribution in [3.63, 3.8) is 0 Å². The summed E-state index contributed by atoms with van der Waals surface area (Å²) in [6.07, 6.45) is 7.20. The highest BCUT2D eigenvalue weighted by atomic mass is 16.5. The van der Waals surface area contributed by atoms with Crippen molar-refractivity contribution in [2.75, 3.05) is 27.2 Å². The molecular weight excluding hydrogens is 586 g/mol. The molecule has 1 aliphatic rings. The van der Waals surface area contributed by atoms with Gasteiger partial charge in [0.15, 0.2) is 5.58 Å². The van der Waals surface area contributed by atoms with Gasteiger partial charge < -0.3 is 24.4 Å². The van der Waals surface area contributed by atoms with Crippen molar-refractivity contribution in [3.8, 4) is 11.8 Å². The second-order valence-electron chi connectivity index (χ2n) is 11.5. The highest BCUT2D eigenvalue weighted by molar-refractivity contribution is 5.89. The Morgan fingerprint density at radius 3 is 2.39 bits per heavy atom. The molecule has 2 aromatic carbocycles. The molecular formula is C35H39N5O6. The van der Waals surface area contributed by atoms with Gasteiger partial charge in [-0.3, -0.25) is 9.88 Å². The summed E-state index contributed by atoms with van der Waals surface area (Å²) in [6.45, 7) is 4.35. The van der Waals surface area contributed by atoms with E-state index < -0.39 is 11.9 Å². The van der Waals surface area contributed by atoms with Gasteiger partial charge in [0, 0.05) is 36.8 Å². The number of ether oxygens (including phenoxy) is 1. The van der Waals surface area contributed by atoms with Gasteiger partial charge >= 0.3 is 11.9 Å². The van der Waals surface area contributed by atoms with Crippen molar-refractivity contribution in [3.05, 3.63) is 101 Å². The Morgan fingerprint density at radius 2 is 1.78 bits per heavy atom. The number of rotatable bonds is 12. The van der Waals surface area contributed by atoms with Crippen LogP contribution in [0, 0.1) is 17.2 Å². The van der Waals surface area contributed by atoms with Gasteiger partial charge in [-0.15, -0.1) is 0 Å². The maximum atomic E-state index is 9.55. The standard InChI is InChI=1S/C31H35N5O2.C4H4O4/c1-35(2)21-28-30(37-22-26-10-8-25(18-32)19-33-26)13-11-27-29(34-38-31(27)28)12-9-23-14-16-36(17-15-23)20-24-6-4-3-5-7-24;5-3(6)1-2-4(7)8/h3-8,10-11,13,19,23H,9,12,14-17,20-22H2,1-2H3;1-2H,(H,5,6)(H,7,8). The number of carboxylic acid groups (broad SMARTS) is 2. The molecule has 2 aromatic heterocycles. The molecule has 0 aliphatic carbocycles. The maximum absolute atomic E-state index is 9.55. The summed E-state index contributed by atoms with van der Waals surface area (Å²) in [5.74, 6) is -1.02. The first-order valence-electron chi connectivity index (χ1n) is 15.1. The summed E-state index contributed by atoms with van der Waals surface area (Å²) >= 11 is 0. The largest absolute Gasteiger partial charge is 0.487 e. The first-order valence-corrected chi connectivity index (χ1v) is 15.1. The summed E-state index contributed by atoms with van der Waals surface area (Å²) in [5, 5.41) is 30.2. The van der Waals surface area contributed by atoms with Gasteiger partial charge in [-0.2, -0.15) is 5.26 Å². The molecule has 0 unspecified atom stereocenters. The smallest absolute Gasteiger partial charge is 0.328 e. The van der Waals surface area contributed by atoms with E-state index in [1.54, 1.807) is 12.3 Å². The summed E-state index contributed by atoms with van der Waals surface area (Å²) in [4.78, 5) is 28.1. The number of aromatic nitrogens is 2. The van der Waals surface area contributed by atoms with Gasteiger partial charge in [-0.05, 0) is 88.6 Å². The Labute approximate surface area is 268 Å². The Hall–Kier alpha value is -5.05. The topological polar surface area (TPSA) is 153 Å². The lowest BCUT2D eigenvalue weighted by Crippen LogP contribution is -2.33. The Bertz CT molecular complexity index is 1640. The molecule has 4 aromatic rings. The number of aryl methyl sites for hydroxylation is 1. The predicted octanol–water partition coefficient (Wildman–Crippen LogP) is 5.29. The monoisotopic (exact) mass is 625 g/mol. The van der Waals surface area contributed by atoms with Gasteiger partial charge in [0.05, 0.1) is 22.5 Å². The van der Waals surface area contributed by atoms with E-state index in [4.69, 9.17) is 24.7 Å². The fourth-order valence-electron chi connectivity index (χ4n) is 5.36. The van der Waals surface area contributed by atoms with E-state index in [2.05, 4.69) is 62.4 Å². The first kappa shape index (κ1) is 33.8. The van der Waals surface area contributed by atoms with E-state index in [0.29, 0.717) is 30.9 Å². The second kappa shape index (κ2) is 16.9. The minimum Gasteiger partial charge on any atom is -0.487 e. The number of hydrogen-bond acceptors (Lipinski definition) is 9. The average Bonchev–Trinajstić information content (AvgIpc) is 3.47. The van der Waals surface area contributed by atoms with Gasteiger partial charge in [0.1, 0.15) is 18.4 Å². The van der Waals surface area contributed by atoms with Crippen molar-refractivity contribution < 1.29 is 29.1 Å². The molecule has 240 valence electrons. The third kappa shape index (κ3) is 10.3. The van der Waals surface area contributed by atoms with Crippen LogP contribution in [0.3, 0.4) is 0 Å². The van der Waals surface area contributed by atoms with Crippen LogP contribution in [0.4, 0.5) is 0 Å². The van der Waals surface area contributed by atoms with E-state index in [-0.39, 0.29) is 0 Å². The predicted molar refractivity (Wildman–Crippen MR) is 172 cm³/mol. The van der Waals surface area contributed by atoms with Crippen LogP contribution >= 0.6 is 0 Å². The van der Waals surface area contributed by atoms with E-state index in [1.165, 1.54) is 18.4 Å². The normalized spacial score (nSPS) is 13.8. The van der Waals surface area contributed by atoms with Crippen LogP contribution in [0.2, 0.25) is 0 Å². The van der Waals surface area contributed by atoms with Crippen molar-refractivity contribution >= 4 is 22.9 Å². The molecule has 0 spiro atoms. The fourth-order valence-corrected chi connectivity index (χ4v) is 5.36. The molecule has 46 heavy (non-hydrogen) atoms. The number of nitrogens with zero attached hydrogens (tertiary/aromatic N) is 5. The zero-order valence-electron chi connectivity index (χ0n) is 26.1. The summed E-state index contributed by atoms with van der Waals surface area (Å²) in [6, 6.07) is 20.5. The van der Waals surface area contributed by atoms with E-state index in [0.717, 1.165) is 72.1 Å². The van der Waals surface area contributed by atoms with Crippen molar-refractivity contribution in [2.45, 2.75) is 45.4 Å². The van der Waals surface area contributed by atoms with Crippen LogP contribution < -0.4 is 4.74 Å². The summed E-state index contributed by atoms with van der Waals surface area (Å²) < 4.78 is 12.1. The number of nitriles is 1. The van der Waals surface area contributed by atoms with Gasteiger partial charge in [-0.1, -0.05) is 35.5 Å². The quantitative estimate of drug-likeness (QED) is 0.197. The lowest BCUT2D eigenvalue weighted by Gasteiger charge is -2.31. The third-order valence-electron chi connectivity index (χ3n) is 7.69. The highest BCUT2D eigenvalue weighted by Crippen LogP contribution is 2.33. The van der Waals surface area contributed by atoms with Crippen LogP contribution in [-0.2, 0) is 35.7 Å². The van der Waals surface area contributed by atoms with Crippen molar-refractivity contribution in [1.82, 2.24) is 19.9 Å². The zero-order chi connectivity index (χ0) is 32.9. The average molecular weight is 626 g/mol. The maximum Gasteiger partial charge on any atom is 0.328 e. The minimum atomic E-state index is -1.26. The lowest BCUT2D eigenvalue weighted by atomic mass is 9.91. The molecule has 0 atom stereocenters. The number of pyridine rings is 1. The number of piperidine rings is 1. The molecule has 11 heteroatoms. The van der Waals surface area contributed by atoms with Gasteiger partial charge in [-0.25, -0.2) is 9.59 Å². The molecule has 1 aliphatic heterocycles. The number of likely N-dealkylation sites (tertiary alicyclic amines) is 1. The molecule has 5 rings (SSSR count). The van der Waals surface area contributed by atoms with Gasteiger partial charge in [0.25, 0.3) is 0 Å². The van der Waals surface area contributed by atoms with Crippen molar-refractivity contribution in [2.24, 2.45) is 5.92 Å². The molecule has 0 amide bonds. The number of carbonyl (C=O) groups is 2. The third-order valence-corrected chi connectivity index (χ3v) is 7.69. The van der Waals surface area contributed by atoms with Crippen molar-refractivity contribution in [1.29, 1.82) is 5.26 Å². The minimum absolute atomic E-state index is 0.321.